The van der Waals surface area contributed by atoms with Crippen molar-refractivity contribution in [3.8, 4) is 0 Å². The lowest BCUT2D eigenvalue weighted by Crippen LogP contribution is -2.66. The number of benzene rings is 3. The Hall–Kier alpha value is -2.18. The minimum atomic E-state index is -3.55. The summed E-state index contributed by atoms with van der Waals surface area (Å²) in [4.78, 5) is 2.12. The molecule has 1 heterocycles. The van der Waals surface area contributed by atoms with E-state index in [-0.39, 0.29) is 19.1 Å². The fraction of sp³-hybridized carbons (Fsp3) is 0.250. The van der Waals surface area contributed by atoms with E-state index in [9.17, 15) is 13.5 Å². The lowest BCUT2D eigenvalue weighted by molar-refractivity contribution is -0.112. The van der Waals surface area contributed by atoms with E-state index in [1.807, 2.05) is 36.4 Å². The van der Waals surface area contributed by atoms with E-state index in [1.165, 1.54) is 6.26 Å². The molecule has 0 spiro atoms. The highest BCUT2D eigenvalue weighted by atomic mass is 35.5. The highest BCUT2D eigenvalue weighted by Gasteiger charge is 2.54. The first-order valence-corrected chi connectivity index (χ1v) is 12.1. The fourth-order valence-corrected chi connectivity index (χ4v) is 6.21. The number of β-amino-alcohol motifs (C(OH)–C–C–N with tert-alkyl or cyclic N) is 1. The third-order valence-corrected chi connectivity index (χ3v) is 7.46. The van der Waals surface area contributed by atoms with Crippen LogP contribution in [-0.4, -0.2) is 43.4 Å². The zero-order valence-corrected chi connectivity index (χ0v) is 18.2. The molecule has 0 bridgehead atoms. The van der Waals surface area contributed by atoms with Gasteiger partial charge in [0.25, 0.3) is 0 Å². The van der Waals surface area contributed by atoms with Gasteiger partial charge in [-0.25, -0.2) is 8.42 Å². The van der Waals surface area contributed by atoms with Crippen LogP contribution in [0.4, 0.5) is 0 Å². The summed E-state index contributed by atoms with van der Waals surface area (Å²) in [5, 5.41) is 10.9. The van der Waals surface area contributed by atoms with Crippen LogP contribution in [0.3, 0.4) is 0 Å². The first-order valence-electron chi connectivity index (χ1n) is 9.79. The Morgan fingerprint density at radius 2 is 1.30 bits per heavy atom. The van der Waals surface area contributed by atoms with Crippen molar-refractivity contribution in [1.82, 2.24) is 4.90 Å². The summed E-state index contributed by atoms with van der Waals surface area (Å²) in [6.07, 6.45) is 1.18. The van der Waals surface area contributed by atoms with E-state index < -0.39 is 20.7 Å². The van der Waals surface area contributed by atoms with Crippen LogP contribution in [0.1, 0.15) is 28.0 Å². The van der Waals surface area contributed by atoms with Crippen molar-refractivity contribution in [1.29, 1.82) is 0 Å². The van der Waals surface area contributed by atoms with Crippen LogP contribution in [0.5, 0.6) is 0 Å². The van der Waals surface area contributed by atoms with Crippen LogP contribution in [0.25, 0.3) is 0 Å². The van der Waals surface area contributed by atoms with E-state index in [0.717, 1.165) is 11.1 Å². The van der Waals surface area contributed by atoms with E-state index in [4.69, 9.17) is 11.6 Å². The van der Waals surface area contributed by atoms with Crippen LogP contribution < -0.4 is 0 Å². The lowest BCUT2D eigenvalue weighted by atomic mass is 9.83. The van der Waals surface area contributed by atoms with Gasteiger partial charge in [0.1, 0.15) is 10.9 Å². The summed E-state index contributed by atoms with van der Waals surface area (Å²) < 4.78 is 25.3. The molecule has 1 saturated heterocycles. The van der Waals surface area contributed by atoms with Crippen molar-refractivity contribution in [3.63, 3.8) is 0 Å². The summed E-state index contributed by atoms with van der Waals surface area (Å²) in [7, 11) is -3.55. The number of likely N-dealkylation sites (tertiary alicyclic amines) is 1. The molecule has 1 atom stereocenters. The molecule has 4 rings (SSSR count). The summed E-state index contributed by atoms with van der Waals surface area (Å²) >= 11 is 5.97. The van der Waals surface area contributed by atoms with Gasteiger partial charge >= 0.3 is 0 Å². The minimum absolute atomic E-state index is 0.0573. The molecule has 6 heteroatoms. The quantitative estimate of drug-likeness (QED) is 0.620. The predicted octanol–water partition coefficient (Wildman–Crippen LogP) is 4.26. The monoisotopic (exact) mass is 441 g/mol. The Kier molecular flexibility index (Phi) is 5.73. The van der Waals surface area contributed by atoms with Crippen molar-refractivity contribution >= 4 is 21.4 Å². The first kappa shape index (κ1) is 21.1. The van der Waals surface area contributed by atoms with Gasteiger partial charge in [0.15, 0.2) is 9.84 Å². The number of sulfone groups is 1. The Morgan fingerprint density at radius 3 is 1.73 bits per heavy atom. The van der Waals surface area contributed by atoms with Crippen LogP contribution in [0, 0.1) is 0 Å². The summed E-state index contributed by atoms with van der Waals surface area (Å²) in [5.74, 6) is 0. The highest BCUT2D eigenvalue weighted by Crippen LogP contribution is 2.44. The van der Waals surface area contributed by atoms with E-state index in [0.29, 0.717) is 10.6 Å². The van der Waals surface area contributed by atoms with Crippen LogP contribution in [0.2, 0.25) is 5.02 Å². The highest BCUT2D eigenvalue weighted by molar-refractivity contribution is 7.91. The summed E-state index contributed by atoms with van der Waals surface area (Å²) in [5.41, 5.74) is 1.39. The Labute approximate surface area is 182 Å². The molecule has 1 aliphatic rings. The van der Waals surface area contributed by atoms with Crippen molar-refractivity contribution in [2.75, 3.05) is 19.3 Å². The molecule has 4 nitrogen and oxygen atoms in total. The van der Waals surface area contributed by atoms with Crippen molar-refractivity contribution < 1.29 is 13.5 Å². The molecule has 0 saturated carbocycles. The molecule has 0 aliphatic carbocycles. The number of hydrogen-bond donors (Lipinski definition) is 1. The van der Waals surface area contributed by atoms with Crippen LogP contribution >= 0.6 is 11.6 Å². The molecule has 1 fully saturated rings. The third-order valence-electron chi connectivity index (χ3n) is 5.64. The van der Waals surface area contributed by atoms with E-state index in [1.54, 1.807) is 24.3 Å². The molecule has 0 aromatic heterocycles. The minimum Gasteiger partial charge on any atom is -0.385 e. The molecule has 0 radical (unpaired) electrons. The van der Waals surface area contributed by atoms with Crippen molar-refractivity contribution in [2.45, 2.75) is 16.9 Å². The Balaban J connectivity index is 1.66. The molecule has 3 aromatic rings. The molecule has 1 unspecified atom stereocenters. The Bertz CT molecular complexity index is 1060. The largest absolute Gasteiger partial charge is 0.385 e. The standard InChI is InChI=1S/C24H24ClNO3S/c1-30(28,29)23(20-12-14-21(25)15-13-20)24(27)16-26(17-24)22(18-8-4-2-5-9-18)19-10-6-3-7-11-19/h2-15,22-23,27H,16-17H2,1H3. The van der Waals surface area contributed by atoms with Crippen molar-refractivity contribution in [3.05, 3.63) is 107 Å². The maximum Gasteiger partial charge on any atom is 0.157 e. The van der Waals surface area contributed by atoms with E-state index in [2.05, 4.69) is 29.2 Å². The van der Waals surface area contributed by atoms with Crippen molar-refractivity contribution in [2.24, 2.45) is 0 Å². The average Bonchev–Trinajstić information content (AvgIpc) is 2.69. The van der Waals surface area contributed by atoms with Gasteiger partial charge in [0.05, 0.1) is 6.04 Å². The van der Waals surface area contributed by atoms with Gasteiger partial charge in [-0.1, -0.05) is 84.4 Å². The number of rotatable bonds is 6. The molecule has 3 aromatic carbocycles. The molecular formula is C24H24ClNO3S. The maximum atomic E-state index is 12.7. The first-order chi connectivity index (χ1) is 14.3. The zero-order valence-electron chi connectivity index (χ0n) is 16.6. The van der Waals surface area contributed by atoms with Crippen LogP contribution in [-0.2, 0) is 9.84 Å². The van der Waals surface area contributed by atoms with Gasteiger partial charge in [-0.05, 0) is 28.8 Å². The molecule has 0 amide bonds. The molecular weight excluding hydrogens is 418 g/mol. The van der Waals surface area contributed by atoms with Gasteiger partial charge < -0.3 is 5.11 Å². The van der Waals surface area contributed by atoms with Gasteiger partial charge in [0, 0.05) is 24.4 Å². The van der Waals surface area contributed by atoms with Gasteiger partial charge in [-0.2, -0.15) is 0 Å². The molecule has 156 valence electrons. The van der Waals surface area contributed by atoms with E-state index >= 15 is 0 Å². The van der Waals surface area contributed by atoms with Crippen LogP contribution in [0.15, 0.2) is 84.9 Å². The van der Waals surface area contributed by atoms with Gasteiger partial charge in [-0.3, -0.25) is 4.90 Å². The second-order valence-corrected chi connectivity index (χ2v) is 10.6. The predicted molar refractivity (Wildman–Crippen MR) is 120 cm³/mol. The molecule has 30 heavy (non-hydrogen) atoms. The number of halogens is 1. The summed E-state index contributed by atoms with van der Waals surface area (Å²) in [6.45, 7) is 0.504. The third kappa shape index (κ3) is 4.16. The second kappa shape index (κ2) is 8.16. The maximum absolute atomic E-state index is 12.7. The topological polar surface area (TPSA) is 57.6 Å². The summed E-state index contributed by atoms with van der Waals surface area (Å²) in [6, 6.07) is 26.8. The molecule has 1 aliphatic heterocycles. The number of hydrogen-bond acceptors (Lipinski definition) is 4. The normalized spacial score (nSPS) is 17.5. The second-order valence-electron chi connectivity index (χ2n) is 7.99. The Morgan fingerprint density at radius 1 is 0.833 bits per heavy atom. The number of aliphatic hydroxyl groups is 1. The smallest absolute Gasteiger partial charge is 0.157 e. The SMILES string of the molecule is CS(=O)(=O)C(c1ccc(Cl)cc1)C1(O)CN(C(c2ccccc2)c2ccccc2)C1. The number of nitrogens with zero attached hydrogens (tertiary/aromatic N) is 1. The fourth-order valence-electron chi connectivity index (χ4n) is 4.48. The van der Waals surface area contributed by atoms with Gasteiger partial charge in [-0.15, -0.1) is 0 Å². The average molecular weight is 442 g/mol. The zero-order chi connectivity index (χ0) is 21.4. The molecule has 1 N–H and O–H groups in total. The lowest BCUT2D eigenvalue weighted by Gasteiger charge is -2.53. The van der Waals surface area contributed by atoms with Gasteiger partial charge in [0.2, 0.25) is 0 Å².